The van der Waals surface area contributed by atoms with E-state index in [9.17, 15) is 0 Å². The maximum absolute atomic E-state index is 4.36. The monoisotopic (exact) mass is 279 g/mol. The Balaban J connectivity index is 1.71. The first-order chi connectivity index (χ1) is 8.90. The molecule has 98 valence electrons. The Bertz CT molecular complexity index is 431. The molecule has 0 N–H and O–H groups in total. The summed E-state index contributed by atoms with van der Waals surface area (Å²) in [5, 5.41) is 3.21. The van der Waals surface area contributed by atoms with E-state index in [1.165, 1.54) is 54.7 Å². The molecule has 2 rings (SSSR count). The van der Waals surface area contributed by atoms with E-state index < -0.39 is 0 Å². The van der Waals surface area contributed by atoms with Crippen molar-refractivity contribution in [2.45, 2.75) is 51.9 Å². The van der Waals surface area contributed by atoms with Gasteiger partial charge in [0.2, 0.25) is 0 Å². The van der Waals surface area contributed by atoms with Crippen molar-refractivity contribution in [3.05, 3.63) is 28.6 Å². The average Bonchev–Trinajstić information content (AvgIpc) is 3.03. The molecule has 0 aliphatic rings. The van der Waals surface area contributed by atoms with Gasteiger partial charge in [-0.05, 0) is 25.0 Å². The molecule has 3 heteroatoms. The third-order valence-electron chi connectivity index (χ3n) is 3.08. The second-order valence-corrected chi connectivity index (χ2v) is 6.68. The number of unbranched alkanes of at least 4 members (excludes halogenated alkanes) is 5. The number of hydrogen-bond acceptors (Lipinski definition) is 3. The van der Waals surface area contributed by atoms with Crippen molar-refractivity contribution in [3.63, 3.8) is 0 Å². The molecule has 0 atom stereocenters. The van der Waals surface area contributed by atoms with Gasteiger partial charge >= 0.3 is 0 Å². The highest BCUT2D eigenvalue weighted by molar-refractivity contribution is 7.21. The van der Waals surface area contributed by atoms with Gasteiger partial charge in [0.1, 0.15) is 5.01 Å². The zero-order valence-electron chi connectivity index (χ0n) is 11.0. The Morgan fingerprint density at radius 1 is 1.06 bits per heavy atom. The van der Waals surface area contributed by atoms with Crippen molar-refractivity contribution < 1.29 is 0 Å². The molecule has 2 aromatic heterocycles. The van der Waals surface area contributed by atoms with E-state index in [2.05, 4.69) is 24.0 Å². The van der Waals surface area contributed by atoms with Gasteiger partial charge in [0.15, 0.2) is 0 Å². The fourth-order valence-electron chi connectivity index (χ4n) is 2.05. The maximum atomic E-state index is 4.36. The van der Waals surface area contributed by atoms with Gasteiger partial charge in [-0.15, -0.1) is 22.7 Å². The van der Waals surface area contributed by atoms with Crippen molar-refractivity contribution in [3.8, 4) is 9.88 Å². The summed E-state index contributed by atoms with van der Waals surface area (Å²) in [6, 6.07) is 4.49. The normalized spacial score (nSPS) is 10.9. The zero-order valence-corrected chi connectivity index (χ0v) is 12.7. The summed E-state index contributed by atoms with van der Waals surface area (Å²) in [4.78, 5) is 7.19. The Kier molecular flexibility index (Phi) is 5.88. The fourth-order valence-corrected chi connectivity index (χ4v) is 3.82. The topological polar surface area (TPSA) is 12.9 Å². The lowest BCUT2D eigenvalue weighted by molar-refractivity contribution is 0.609. The molecule has 0 amide bonds. The van der Waals surface area contributed by atoms with Gasteiger partial charge in [-0.2, -0.15) is 0 Å². The number of aryl methyl sites for hydroxylation is 1. The minimum atomic E-state index is 1.16. The van der Waals surface area contributed by atoms with Gasteiger partial charge in [-0.3, -0.25) is 0 Å². The lowest BCUT2D eigenvalue weighted by atomic mass is 10.1. The molecule has 18 heavy (non-hydrogen) atoms. The molecule has 0 unspecified atom stereocenters. The van der Waals surface area contributed by atoms with Gasteiger partial charge in [0.25, 0.3) is 0 Å². The van der Waals surface area contributed by atoms with E-state index in [-0.39, 0.29) is 0 Å². The van der Waals surface area contributed by atoms with Crippen LogP contribution in [0.15, 0.2) is 23.7 Å². The predicted octanol–water partition coefficient (Wildman–Crippen LogP) is 5.77. The molecule has 0 aliphatic carbocycles. The van der Waals surface area contributed by atoms with Crippen molar-refractivity contribution in [1.82, 2.24) is 4.98 Å². The van der Waals surface area contributed by atoms with Crippen LogP contribution < -0.4 is 0 Å². The summed E-state index contributed by atoms with van der Waals surface area (Å²) in [5.74, 6) is 0. The molecule has 0 saturated carbocycles. The molecule has 2 heterocycles. The summed E-state index contributed by atoms with van der Waals surface area (Å²) in [5.41, 5.74) is 0. The molecule has 0 saturated heterocycles. The summed E-state index contributed by atoms with van der Waals surface area (Å²) in [6.45, 7) is 2.27. The molecule has 0 spiro atoms. The lowest BCUT2D eigenvalue weighted by Crippen LogP contribution is -1.82. The predicted molar refractivity (Wildman–Crippen MR) is 82.5 cm³/mol. The summed E-state index contributed by atoms with van der Waals surface area (Å²) in [6.07, 6.45) is 11.4. The van der Waals surface area contributed by atoms with Crippen LogP contribution >= 0.6 is 22.7 Å². The Morgan fingerprint density at radius 2 is 1.89 bits per heavy atom. The first kappa shape index (κ1) is 13.8. The standard InChI is InChI=1S/C15H21NS2/c1-2-3-4-5-6-7-8-13-9-10-14(18-13)15-16-11-12-17-15/h9-12H,2-8H2,1H3. The third-order valence-corrected chi connectivity index (χ3v) is 5.17. The van der Waals surface area contributed by atoms with Crippen molar-refractivity contribution >= 4 is 22.7 Å². The van der Waals surface area contributed by atoms with Gasteiger partial charge in [0, 0.05) is 16.5 Å². The molecule has 2 aromatic rings. The molecule has 0 fully saturated rings. The highest BCUT2D eigenvalue weighted by Crippen LogP contribution is 2.30. The van der Waals surface area contributed by atoms with E-state index >= 15 is 0 Å². The maximum Gasteiger partial charge on any atom is 0.133 e. The molecule has 0 aromatic carbocycles. The molecule has 0 aliphatic heterocycles. The van der Waals surface area contributed by atoms with Crippen LogP contribution in [0.4, 0.5) is 0 Å². The quantitative estimate of drug-likeness (QED) is 0.559. The van der Waals surface area contributed by atoms with Gasteiger partial charge in [-0.1, -0.05) is 39.0 Å². The number of thiazole rings is 1. The van der Waals surface area contributed by atoms with E-state index in [1.54, 1.807) is 11.3 Å². The van der Waals surface area contributed by atoms with Crippen LogP contribution in [0.1, 0.15) is 50.3 Å². The van der Waals surface area contributed by atoms with E-state index in [0.717, 1.165) is 5.01 Å². The van der Waals surface area contributed by atoms with Crippen LogP contribution in [0.2, 0.25) is 0 Å². The third kappa shape index (κ3) is 4.21. The summed E-state index contributed by atoms with van der Waals surface area (Å²) >= 11 is 3.63. The number of hydrogen-bond donors (Lipinski definition) is 0. The van der Waals surface area contributed by atoms with Crippen molar-refractivity contribution in [2.75, 3.05) is 0 Å². The van der Waals surface area contributed by atoms with Crippen LogP contribution in [0.3, 0.4) is 0 Å². The van der Waals surface area contributed by atoms with Crippen LogP contribution in [-0.2, 0) is 6.42 Å². The second-order valence-electron chi connectivity index (χ2n) is 4.62. The smallest absolute Gasteiger partial charge is 0.133 e. The number of thiophene rings is 1. The van der Waals surface area contributed by atoms with Crippen molar-refractivity contribution in [2.24, 2.45) is 0 Å². The SMILES string of the molecule is CCCCCCCCc1ccc(-c2nccs2)s1. The first-order valence-electron chi connectivity index (χ1n) is 6.88. The number of aromatic nitrogens is 1. The largest absolute Gasteiger partial charge is 0.244 e. The highest BCUT2D eigenvalue weighted by atomic mass is 32.1. The number of nitrogens with zero attached hydrogens (tertiary/aromatic N) is 1. The minimum absolute atomic E-state index is 1.16. The van der Waals surface area contributed by atoms with Crippen LogP contribution in [-0.4, -0.2) is 4.98 Å². The fraction of sp³-hybridized carbons (Fsp3) is 0.533. The summed E-state index contributed by atoms with van der Waals surface area (Å²) < 4.78 is 0. The zero-order chi connectivity index (χ0) is 12.6. The van der Waals surface area contributed by atoms with Gasteiger partial charge in [-0.25, -0.2) is 4.98 Å². The average molecular weight is 279 g/mol. The first-order valence-corrected chi connectivity index (χ1v) is 8.58. The van der Waals surface area contributed by atoms with Crippen molar-refractivity contribution in [1.29, 1.82) is 0 Å². The van der Waals surface area contributed by atoms with E-state index in [4.69, 9.17) is 0 Å². The molecular weight excluding hydrogens is 258 g/mol. The van der Waals surface area contributed by atoms with E-state index in [0.29, 0.717) is 0 Å². The molecule has 0 radical (unpaired) electrons. The van der Waals surface area contributed by atoms with Crippen LogP contribution in [0.5, 0.6) is 0 Å². The molecular formula is C15H21NS2. The van der Waals surface area contributed by atoms with E-state index in [1.807, 2.05) is 22.9 Å². The summed E-state index contributed by atoms with van der Waals surface area (Å²) in [7, 11) is 0. The second kappa shape index (κ2) is 7.70. The lowest BCUT2D eigenvalue weighted by Gasteiger charge is -1.99. The molecule has 0 bridgehead atoms. The van der Waals surface area contributed by atoms with Gasteiger partial charge < -0.3 is 0 Å². The Morgan fingerprint density at radius 3 is 2.67 bits per heavy atom. The molecule has 1 nitrogen and oxygen atoms in total. The van der Waals surface area contributed by atoms with Crippen LogP contribution in [0, 0.1) is 0 Å². The number of rotatable bonds is 8. The Hall–Kier alpha value is -0.670. The Labute approximate surface area is 118 Å². The van der Waals surface area contributed by atoms with Crippen LogP contribution in [0.25, 0.3) is 9.88 Å². The highest BCUT2D eigenvalue weighted by Gasteiger charge is 2.04. The minimum Gasteiger partial charge on any atom is -0.244 e. The van der Waals surface area contributed by atoms with Gasteiger partial charge in [0.05, 0.1) is 4.88 Å².